The lowest BCUT2D eigenvalue weighted by atomic mass is 9.92. The minimum Gasteiger partial charge on any atom is -0.497 e. The molecule has 88 valence electrons. The lowest BCUT2D eigenvalue weighted by Crippen LogP contribution is -2.39. The molecule has 1 aliphatic carbocycles. The third-order valence-corrected chi connectivity index (χ3v) is 3.40. The third-order valence-electron chi connectivity index (χ3n) is 3.40. The maximum atomic E-state index is 10.3. The van der Waals surface area contributed by atoms with E-state index in [0.29, 0.717) is 13.0 Å². The lowest BCUT2D eigenvalue weighted by Gasteiger charge is -2.24. The molecule has 0 heterocycles. The number of rotatable bonds is 2. The molecule has 1 unspecified atom stereocenters. The van der Waals surface area contributed by atoms with Crippen LogP contribution in [-0.2, 0) is 12.8 Å². The van der Waals surface area contributed by atoms with Gasteiger partial charge in [0.2, 0.25) is 0 Å². The fraction of sp³-hybridized carbons (Fsp3) is 0.538. The van der Waals surface area contributed by atoms with Gasteiger partial charge in [-0.15, -0.1) is 0 Å². The van der Waals surface area contributed by atoms with E-state index in [1.165, 1.54) is 11.1 Å². The molecule has 0 aliphatic heterocycles. The standard InChI is InChI=1S/C13H19NO2/c1-16-12-5-4-10-3-2-6-13(15,9-14)8-11(10)7-12/h4-5,7,15H,2-3,6,8-9,14H2,1H3. The van der Waals surface area contributed by atoms with Crippen LogP contribution in [0.2, 0.25) is 0 Å². The fourth-order valence-electron chi connectivity index (χ4n) is 2.36. The highest BCUT2D eigenvalue weighted by atomic mass is 16.5. The van der Waals surface area contributed by atoms with Gasteiger partial charge in [0.1, 0.15) is 5.75 Å². The molecule has 1 atom stereocenters. The summed E-state index contributed by atoms with van der Waals surface area (Å²) in [5.41, 5.74) is 7.40. The average molecular weight is 221 g/mol. The van der Waals surface area contributed by atoms with Crippen molar-refractivity contribution in [2.75, 3.05) is 13.7 Å². The maximum Gasteiger partial charge on any atom is 0.119 e. The molecule has 3 nitrogen and oxygen atoms in total. The normalized spacial score (nSPS) is 24.7. The van der Waals surface area contributed by atoms with E-state index in [9.17, 15) is 5.11 Å². The summed E-state index contributed by atoms with van der Waals surface area (Å²) in [6, 6.07) is 6.09. The first-order valence-corrected chi connectivity index (χ1v) is 5.75. The SMILES string of the molecule is COc1ccc2c(c1)CC(O)(CN)CCC2. The van der Waals surface area contributed by atoms with Crippen LogP contribution in [0.25, 0.3) is 0 Å². The molecule has 0 saturated heterocycles. The molecule has 3 heteroatoms. The first kappa shape index (κ1) is 11.4. The summed E-state index contributed by atoms with van der Waals surface area (Å²) in [4.78, 5) is 0. The number of benzene rings is 1. The molecule has 0 amide bonds. The Morgan fingerprint density at radius 1 is 1.44 bits per heavy atom. The number of hydrogen-bond donors (Lipinski definition) is 2. The lowest BCUT2D eigenvalue weighted by molar-refractivity contribution is 0.0412. The smallest absolute Gasteiger partial charge is 0.119 e. The molecular weight excluding hydrogens is 202 g/mol. The fourth-order valence-corrected chi connectivity index (χ4v) is 2.36. The first-order chi connectivity index (χ1) is 7.67. The summed E-state index contributed by atoms with van der Waals surface area (Å²) in [5, 5.41) is 10.3. The van der Waals surface area contributed by atoms with Gasteiger partial charge in [-0.1, -0.05) is 6.07 Å². The summed E-state index contributed by atoms with van der Waals surface area (Å²) in [7, 11) is 1.66. The van der Waals surface area contributed by atoms with Crippen molar-refractivity contribution in [3.63, 3.8) is 0 Å². The zero-order valence-electron chi connectivity index (χ0n) is 9.70. The zero-order chi connectivity index (χ0) is 11.6. The molecule has 1 aliphatic rings. The number of nitrogens with two attached hydrogens (primary N) is 1. The number of aryl methyl sites for hydroxylation is 1. The molecule has 0 saturated carbocycles. The molecule has 1 aromatic carbocycles. The summed E-state index contributed by atoms with van der Waals surface area (Å²) in [6.45, 7) is 0.323. The van der Waals surface area contributed by atoms with Crippen LogP contribution in [0.1, 0.15) is 24.0 Å². The first-order valence-electron chi connectivity index (χ1n) is 5.75. The van der Waals surface area contributed by atoms with Crippen LogP contribution in [0.4, 0.5) is 0 Å². The van der Waals surface area contributed by atoms with Crippen molar-refractivity contribution >= 4 is 0 Å². The van der Waals surface area contributed by atoms with Gasteiger partial charge < -0.3 is 15.6 Å². The van der Waals surface area contributed by atoms with E-state index < -0.39 is 5.60 Å². The van der Waals surface area contributed by atoms with Crippen LogP contribution in [0.15, 0.2) is 18.2 Å². The molecule has 0 aromatic heterocycles. The number of hydrogen-bond acceptors (Lipinski definition) is 3. The Bertz CT molecular complexity index is 378. The topological polar surface area (TPSA) is 55.5 Å². The Balaban J connectivity index is 2.34. The van der Waals surface area contributed by atoms with Crippen LogP contribution in [0.5, 0.6) is 5.75 Å². The van der Waals surface area contributed by atoms with Crippen molar-refractivity contribution in [3.8, 4) is 5.75 Å². The van der Waals surface area contributed by atoms with Crippen LogP contribution in [-0.4, -0.2) is 24.4 Å². The highest BCUT2D eigenvalue weighted by Crippen LogP contribution is 2.29. The minimum atomic E-state index is -0.738. The molecule has 0 bridgehead atoms. The van der Waals surface area contributed by atoms with Crippen LogP contribution in [0.3, 0.4) is 0 Å². The molecule has 0 fully saturated rings. The number of ether oxygens (including phenoxy) is 1. The Morgan fingerprint density at radius 3 is 2.94 bits per heavy atom. The van der Waals surface area contributed by atoms with E-state index in [2.05, 4.69) is 6.07 Å². The van der Waals surface area contributed by atoms with Gasteiger partial charge in [-0.05, 0) is 42.5 Å². The zero-order valence-corrected chi connectivity index (χ0v) is 9.70. The largest absolute Gasteiger partial charge is 0.497 e. The average Bonchev–Trinajstić information content (AvgIpc) is 2.47. The quantitative estimate of drug-likeness (QED) is 0.739. The molecule has 3 N–H and O–H groups in total. The monoisotopic (exact) mass is 221 g/mol. The van der Waals surface area contributed by atoms with Gasteiger partial charge >= 0.3 is 0 Å². The predicted octanol–water partition coefficient (Wildman–Crippen LogP) is 1.26. The van der Waals surface area contributed by atoms with Gasteiger partial charge in [-0.25, -0.2) is 0 Å². The highest BCUT2D eigenvalue weighted by Gasteiger charge is 2.28. The molecule has 0 radical (unpaired) electrons. The second-order valence-electron chi connectivity index (χ2n) is 4.59. The van der Waals surface area contributed by atoms with Gasteiger partial charge in [-0.3, -0.25) is 0 Å². The summed E-state index contributed by atoms with van der Waals surface area (Å²) >= 11 is 0. The third kappa shape index (κ3) is 2.20. The van der Waals surface area contributed by atoms with E-state index in [1.807, 2.05) is 12.1 Å². The van der Waals surface area contributed by atoms with Crippen molar-refractivity contribution in [2.45, 2.75) is 31.3 Å². The van der Waals surface area contributed by atoms with Gasteiger partial charge in [-0.2, -0.15) is 0 Å². The van der Waals surface area contributed by atoms with Gasteiger partial charge in [0.05, 0.1) is 12.7 Å². The minimum absolute atomic E-state index is 0.323. The van der Waals surface area contributed by atoms with Crippen molar-refractivity contribution in [3.05, 3.63) is 29.3 Å². The highest BCUT2D eigenvalue weighted by molar-refractivity contribution is 5.37. The number of fused-ring (bicyclic) bond motifs is 1. The van der Waals surface area contributed by atoms with Crippen molar-refractivity contribution < 1.29 is 9.84 Å². The Morgan fingerprint density at radius 2 is 2.25 bits per heavy atom. The second-order valence-corrected chi connectivity index (χ2v) is 4.59. The molecule has 2 rings (SSSR count). The van der Waals surface area contributed by atoms with Gasteiger partial charge in [0.25, 0.3) is 0 Å². The van der Waals surface area contributed by atoms with E-state index in [4.69, 9.17) is 10.5 Å². The van der Waals surface area contributed by atoms with Crippen molar-refractivity contribution in [1.29, 1.82) is 0 Å². The maximum absolute atomic E-state index is 10.3. The predicted molar refractivity (Wildman–Crippen MR) is 63.6 cm³/mol. The molecule has 16 heavy (non-hydrogen) atoms. The Kier molecular flexibility index (Phi) is 3.17. The van der Waals surface area contributed by atoms with E-state index in [-0.39, 0.29) is 0 Å². The van der Waals surface area contributed by atoms with Crippen molar-refractivity contribution in [2.24, 2.45) is 5.73 Å². The molecule has 0 spiro atoms. The molecule has 1 aromatic rings. The van der Waals surface area contributed by atoms with Gasteiger partial charge in [0.15, 0.2) is 0 Å². The van der Waals surface area contributed by atoms with E-state index in [0.717, 1.165) is 25.0 Å². The second kappa shape index (κ2) is 4.44. The van der Waals surface area contributed by atoms with Crippen LogP contribution < -0.4 is 10.5 Å². The van der Waals surface area contributed by atoms with E-state index >= 15 is 0 Å². The number of aliphatic hydroxyl groups is 1. The van der Waals surface area contributed by atoms with Crippen LogP contribution >= 0.6 is 0 Å². The molecular formula is C13H19NO2. The van der Waals surface area contributed by atoms with Crippen molar-refractivity contribution in [1.82, 2.24) is 0 Å². The van der Waals surface area contributed by atoms with E-state index in [1.54, 1.807) is 7.11 Å². The summed E-state index contributed by atoms with van der Waals surface area (Å²) in [5.74, 6) is 0.847. The summed E-state index contributed by atoms with van der Waals surface area (Å²) < 4.78 is 5.21. The summed E-state index contributed by atoms with van der Waals surface area (Å²) in [6.07, 6.45) is 3.42. The van der Waals surface area contributed by atoms with Crippen LogP contribution in [0, 0.1) is 0 Å². The Labute approximate surface area is 96.2 Å². The Hall–Kier alpha value is -1.06. The van der Waals surface area contributed by atoms with Gasteiger partial charge in [0, 0.05) is 13.0 Å². The number of methoxy groups -OCH3 is 1.